The average Bonchev–Trinajstić information content (AvgIpc) is 2.13. The van der Waals surface area contributed by atoms with Gasteiger partial charge in [-0.1, -0.05) is 0 Å². The van der Waals surface area contributed by atoms with Crippen LogP contribution in [-0.2, 0) is 0 Å². The maximum atomic E-state index is 9.16. The van der Waals surface area contributed by atoms with E-state index in [1.54, 1.807) is 6.07 Å². The lowest BCUT2D eigenvalue weighted by Crippen LogP contribution is -2.51. The second kappa shape index (κ2) is 3.28. The number of hydrogen-bond donors (Lipinski definition) is 1. The molecule has 2 heterocycles. The highest BCUT2D eigenvalue weighted by Gasteiger charge is 2.27. The van der Waals surface area contributed by atoms with Crippen molar-refractivity contribution in [2.24, 2.45) is 0 Å². The van der Waals surface area contributed by atoms with Crippen molar-refractivity contribution in [3.8, 4) is 6.07 Å². The Balaban J connectivity index is 2.32. The van der Waals surface area contributed by atoms with E-state index in [4.69, 9.17) is 10.4 Å². The van der Waals surface area contributed by atoms with E-state index in [1.807, 2.05) is 17.9 Å². The van der Waals surface area contributed by atoms with E-state index in [-0.39, 0.29) is 6.10 Å². The zero-order chi connectivity index (χ0) is 10.1. The van der Waals surface area contributed by atoms with Gasteiger partial charge in [-0.25, -0.2) is 4.98 Å². The van der Waals surface area contributed by atoms with Crippen LogP contribution in [-0.4, -0.2) is 29.3 Å². The molecule has 1 aliphatic rings. The van der Waals surface area contributed by atoms with Gasteiger partial charge in [-0.3, -0.25) is 0 Å². The van der Waals surface area contributed by atoms with Crippen LogP contribution < -0.4 is 4.90 Å². The molecule has 14 heavy (non-hydrogen) atoms. The topological polar surface area (TPSA) is 60.2 Å². The van der Waals surface area contributed by atoms with E-state index >= 15 is 0 Å². The number of aryl methyl sites for hydroxylation is 1. The van der Waals surface area contributed by atoms with Crippen molar-refractivity contribution in [1.82, 2.24) is 4.98 Å². The Hall–Kier alpha value is -1.60. The first-order chi connectivity index (χ1) is 6.70. The number of pyridine rings is 1. The predicted octanol–water partition coefficient (Wildman–Crippen LogP) is 0.443. The zero-order valence-corrected chi connectivity index (χ0v) is 7.94. The van der Waals surface area contributed by atoms with Gasteiger partial charge in [-0.05, 0) is 19.1 Å². The summed E-state index contributed by atoms with van der Waals surface area (Å²) in [6.45, 7) is 3.04. The van der Waals surface area contributed by atoms with E-state index in [1.165, 1.54) is 0 Å². The predicted molar refractivity (Wildman–Crippen MR) is 51.9 cm³/mol. The molecule has 4 heteroatoms. The van der Waals surface area contributed by atoms with Crippen LogP contribution in [0, 0.1) is 18.3 Å². The molecule has 4 nitrogen and oxygen atoms in total. The smallest absolute Gasteiger partial charge is 0.146 e. The van der Waals surface area contributed by atoms with E-state index in [2.05, 4.69) is 11.1 Å². The number of anilines is 1. The van der Waals surface area contributed by atoms with E-state index in [0.717, 1.165) is 5.69 Å². The number of nitriles is 1. The standard InChI is InChI=1S/C10H11N3O/c1-7-2-3-8(4-11)10(12-7)13-5-9(14)6-13/h2-3,9,14H,5-6H2,1H3. The minimum absolute atomic E-state index is 0.274. The monoisotopic (exact) mass is 189 g/mol. The van der Waals surface area contributed by atoms with Crippen LogP contribution in [0.1, 0.15) is 11.3 Å². The lowest BCUT2D eigenvalue weighted by Gasteiger charge is -2.37. The summed E-state index contributed by atoms with van der Waals surface area (Å²) < 4.78 is 0. The van der Waals surface area contributed by atoms with Gasteiger partial charge in [-0.2, -0.15) is 5.26 Å². The number of hydrogen-bond acceptors (Lipinski definition) is 4. The first kappa shape index (κ1) is 8.97. The van der Waals surface area contributed by atoms with Crippen molar-refractivity contribution in [2.45, 2.75) is 13.0 Å². The molecule has 1 fully saturated rings. The second-order valence-electron chi connectivity index (χ2n) is 3.49. The minimum atomic E-state index is -0.274. The summed E-state index contributed by atoms with van der Waals surface area (Å²) in [5.41, 5.74) is 1.46. The molecule has 2 rings (SSSR count). The highest BCUT2D eigenvalue weighted by Crippen LogP contribution is 2.22. The van der Waals surface area contributed by atoms with Crippen molar-refractivity contribution in [3.63, 3.8) is 0 Å². The molecule has 72 valence electrons. The van der Waals surface area contributed by atoms with Gasteiger partial charge in [0.1, 0.15) is 11.9 Å². The maximum Gasteiger partial charge on any atom is 0.146 e. The number of rotatable bonds is 1. The van der Waals surface area contributed by atoms with Gasteiger partial charge in [0.05, 0.1) is 11.7 Å². The van der Waals surface area contributed by atoms with Crippen molar-refractivity contribution in [2.75, 3.05) is 18.0 Å². The van der Waals surface area contributed by atoms with Crippen molar-refractivity contribution in [1.29, 1.82) is 5.26 Å². The average molecular weight is 189 g/mol. The molecule has 1 N–H and O–H groups in total. The Morgan fingerprint density at radius 1 is 1.57 bits per heavy atom. The Bertz CT molecular complexity index is 391. The quantitative estimate of drug-likeness (QED) is 0.696. The first-order valence-corrected chi connectivity index (χ1v) is 4.51. The summed E-state index contributed by atoms with van der Waals surface area (Å²) in [5, 5.41) is 18.0. The fourth-order valence-corrected chi connectivity index (χ4v) is 1.50. The molecule has 0 spiro atoms. The molecule has 0 amide bonds. The van der Waals surface area contributed by atoms with Crippen LogP contribution in [0.15, 0.2) is 12.1 Å². The van der Waals surface area contributed by atoms with Gasteiger partial charge in [0, 0.05) is 18.8 Å². The highest BCUT2D eigenvalue weighted by atomic mass is 16.3. The van der Waals surface area contributed by atoms with Gasteiger partial charge in [0.2, 0.25) is 0 Å². The van der Waals surface area contributed by atoms with Crippen LogP contribution in [0.2, 0.25) is 0 Å². The summed E-state index contributed by atoms with van der Waals surface area (Å²) in [4.78, 5) is 6.21. The Labute approximate surface area is 82.4 Å². The molecule has 0 atom stereocenters. The zero-order valence-electron chi connectivity index (χ0n) is 7.94. The molecular weight excluding hydrogens is 178 g/mol. The third-order valence-corrected chi connectivity index (χ3v) is 2.30. The Morgan fingerprint density at radius 3 is 2.86 bits per heavy atom. The van der Waals surface area contributed by atoms with Crippen LogP contribution in [0.25, 0.3) is 0 Å². The van der Waals surface area contributed by atoms with E-state index < -0.39 is 0 Å². The maximum absolute atomic E-state index is 9.16. The van der Waals surface area contributed by atoms with E-state index in [0.29, 0.717) is 24.5 Å². The third-order valence-electron chi connectivity index (χ3n) is 2.30. The number of nitrogens with zero attached hydrogens (tertiary/aromatic N) is 3. The Kier molecular flexibility index (Phi) is 2.10. The van der Waals surface area contributed by atoms with Gasteiger partial charge in [0.25, 0.3) is 0 Å². The molecular formula is C10H11N3O. The Morgan fingerprint density at radius 2 is 2.29 bits per heavy atom. The summed E-state index contributed by atoms with van der Waals surface area (Å²) in [5.74, 6) is 0.692. The van der Waals surface area contributed by atoms with Crippen LogP contribution in [0.4, 0.5) is 5.82 Å². The highest BCUT2D eigenvalue weighted by molar-refractivity contribution is 5.56. The van der Waals surface area contributed by atoms with Gasteiger partial charge in [0.15, 0.2) is 0 Å². The normalized spacial score (nSPS) is 16.2. The van der Waals surface area contributed by atoms with Crippen LogP contribution in [0.5, 0.6) is 0 Å². The van der Waals surface area contributed by atoms with Crippen molar-refractivity contribution < 1.29 is 5.11 Å². The number of aliphatic hydroxyl groups excluding tert-OH is 1. The molecule has 0 aliphatic carbocycles. The molecule has 0 aromatic carbocycles. The minimum Gasteiger partial charge on any atom is -0.389 e. The first-order valence-electron chi connectivity index (χ1n) is 4.51. The van der Waals surface area contributed by atoms with Crippen molar-refractivity contribution >= 4 is 5.82 Å². The molecule has 1 saturated heterocycles. The SMILES string of the molecule is Cc1ccc(C#N)c(N2CC(O)C2)n1. The lowest BCUT2D eigenvalue weighted by atomic mass is 10.1. The molecule has 1 aromatic heterocycles. The third kappa shape index (κ3) is 1.42. The molecule has 1 aliphatic heterocycles. The lowest BCUT2D eigenvalue weighted by molar-refractivity contribution is 0.141. The summed E-state index contributed by atoms with van der Waals surface area (Å²) in [6.07, 6.45) is -0.274. The van der Waals surface area contributed by atoms with Crippen molar-refractivity contribution in [3.05, 3.63) is 23.4 Å². The van der Waals surface area contributed by atoms with Crippen LogP contribution in [0.3, 0.4) is 0 Å². The molecule has 1 aromatic rings. The number of aliphatic hydroxyl groups is 1. The fraction of sp³-hybridized carbons (Fsp3) is 0.400. The van der Waals surface area contributed by atoms with E-state index in [9.17, 15) is 0 Å². The summed E-state index contributed by atoms with van der Waals surface area (Å²) in [6, 6.07) is 5.68. The van der Waals surface area contributed by atoms with Gasteiger partial charge < -0.3 is 10.0 Å². The fourth-order valence-electron chi connectivity index (χ4n) is 1.50. The largest absolute Gasteiger partial charge is 0.389 e. The van der Waals surface area contributed by atoms with Crippen LogP contribution >= 0.6 is 0 Å². The number of aromatic nitrogens is 1. The van der Waals surface area contributed by atoms with Gasteiger partial charge >= 0.3 is 0 Å². The molecule has 0 saturated carbocycles. The van der Waals surface area contributed by atoms with Gasteiger partial charge in [-0.15, -0.1) is 0 Å². The summed E-state index contributed by atoms with van der Waals surface area (Å²) in [7, 11) is 0. The molecule has 0 bridgehead atoms. The molecule has 0 radical (unpaired) electrons. The second-order valence-corrected chi connectivity index (χ2v) is 3.49. The number of β-amino-alcohol motifs (C(OH)–C–C–N with tert-alkyl or cyclic N) is 1. The molecule has 0 unspecified atom stereocenters. The summed E-state index contributed by atoms with van der Waals surface area (Å²) >= 11 is 0.